The first-order valence-electron chi connectivity index (χ1n) is 9.12. The van der Waals surface area contributed by atoms with Gasteiger partial charge in [-0.1, -0.05) is 34.9 Å². The van der Waals surface area contributed by atoms with Gasteiger partial charge in [-0.3, -0.25) is 4.79 Å². The summed E-state index contributed by atoms with van der Waals surface area (Å²) in [5.74, 6) is 1.95. The van der Waals surface area contributed by atoms with Gasteiger partial charge in [0.1, 0.15) is 17.5 Å². The van der Waals surface area contributed by atoms with E-state index in [0.29, 0.717) is 17.5 Å². The van der Waals surface area contributed by atoms with Gasteiger partial charge in [0.2, 0.25) is 11.7 Å². The van der Waals surface area contributed by atoms with Gasteiger partial charge in [0.05, 0.1) is 7.11 Å². The summed E-state index contributed by atoms with van der Waals surface area (Å²) in [7, 11) is 1.61. The van der Waals surface area contributed by atoms with Crippen LogP contribution in [0.25, 0.3) is 11.4 Å². The fourth-order valence-electron chi connectivity index (χ4n) is 2.63. The summed E-state index contributed by atoms with van der Waals surface area (Å²) in [6.45, 7) is 3.83. The van der Waals surface area contributed by atoms with Crippen molar-refractivity contribution >= 4 is 21.8 Å². The lowest BCUT2D eigenvalue weighted by atomic mass is 10.0. The van der Waals surface area contributed by atoms with Crippen LogP contribution in [-0.4, -0.2) is 29.8 Å². The Bertz CT molecular complexity index is 939. The molecule has 0 radical (unpaired) electrons. The number of carbonyl (C=O) groups excluding carboxylic acids is 1. The number of nitrogens with zero attached hydrogens (tertiary/aromatic N) is 2. The predicted octanol–water partition coefficient (Wildman–Crippen LogP) is 4.40. The Morgan fingerprint density at radius 3 is 2.38 bits per heavy atom. The van der Waals surface area contributed by atoms with Gasteiger partial charge in [-0.2, -0.15) is 4.98 Å². The highest BCUT2D eigenvalue weighted by atomic mass is 79.9. The van der Waals surface area contributed by atoms with Crippen LogP contribution >= 0.6 is 15.9 Å². The van der Waals surface area contributed by atoms with Crippen LogP contribution in [0.15, 0.2) is 57.5 Å². The number of benzene rings is 2. The smallest absolute Gasteiger partial charge is 0.258 e. The van der Waals surface area contributed by atoms with Crippen LogP contribution in [0.5, 0.6) is 11.5 Å². The number of halogens is 1. The zero-order valence-electron chi connectivity index (χ0n) is 16.4. The molecule has 0 aliphatic heterocycles. The quantitative estimate of drug-likeness (QED) is 0.536. The van der Waals surface area contributed by atoms with E-state index in [-0.39, 0.29) is 18.4 Å². The molecule has 3 aromatic rings. The number of rotatable bonds is 8. The van der Waals surface area contributed by atoms with Gasteiger partial charge < -0.3 is 19.3 Å². The van der Waals surface area contributed by atoms with Gasteiger partial charge in [0.15, 0.2) is 6.61 Å². The standard InChI is InChI=1S/C21H22BrN3O4/c1-13(2)19(23-18(26)12-28-17-10-6-15(22)7-11-17)21-24-20(25-29-21)14-4-8-16(27-3)9-5-14/h4-11,13,19H,12H2,1-3H3,(H,23,26). The molecule has 8 heteroatoms. The molecule has 1 N–H and O–H groups in total. The van der Waals surface area contributed by atoms with Crippen molar-refractivity contribution < 1.29 is 18.8 Å². The summed E-state index contributed by atoms with van der Waals surface area (Å²) >= 11 is 3.36. The third-order valence-electron chi connectivity index (χ3n) is 4.22. The SMILES string of the molecule is COc1ccc(-c2noc(C(NC(=O)COc3ccc(Br)cc3)C(C)C)n2)cc1. The average molecular weight is 460 g/mol. The Hall–Kier alpha value is -2.87. The minimum Gasteiger partial charge on any atom is -0.497 e. The van der Waals surface area contributed by atoms with Crippen LogP contribution in [0.1, 0.15) is 25.8 Å². The molecular formula is C21H22BrN3O4. The summed E-state index contributed by atoms with van der Waals surface area (Å²) in [6.07, 6.45) is 0. The molecule has 1 heterocycles. The Morgan fingerprint density at radius 1 is 1.10 bits per heavy atom. The van der Waals surface area contributed by atoms with Crippen molar-refractivity contribution in [2.75, 3.05) is 13.7 Å². The molecule has 1 aromatic heterocycles. The van der Waals surface area contributed by atoms with Crippen molar-refractivity contribution in [2.24, 2.45) is 5.92 Å². The van der Waals surface area contributed by atoms with E-state index in [2.05, 4.69) is 31.4 Å². The number of aromatic nitrogens is 2. The molecule has 0 saturated carbocycles. The molecule has 2 aromatic carbocycles. The highest BCUT2D eigenvalue weighted by Gasteiger charge is 2.25. The fourth-order valence-corrected chi connectivity index (χ4v) is 2.89. The third kappa shape index (κ3) is 5.57. The molecular weight excluding hydrogens is 438 g/mol. The zero-order valence-corrected chi connectivity index (χ0v) is 18.0. The van der Waals surface area contributed by atoms with E-state index < -0.39 is 6.04 Å². The Morgan fingerprint density at radius 2 is 1.76 bits per heavy atom. The van der Waals surface area contributed by atoms with Crippen molar-refractivity contribution in [3.8, 4) is 22.9 Å². The van der Waals surface area contributed by atoms with Crippen LogP contribution < -0.4 is 14.8 Å². The lowest BCUT2D eigenvalue weighted by Crippen LogP contribution is -2.35. The van der Waals surface area contributed by atoms with E-state index in [1.807, 2.05) is 50.2 Å². The summed E-state index contributed by atoms with van der Waals surface area (Å²) in [6, 6.07) is 14.2. The van der Waals surface area contributed by atoms with Gasteiger partial charge >= 0.3 is 0 Å². The molecule has 0 spiro atoms. The van der Waals surface area contributed by atoms with Gasteiger partial charge in [0, 0.05) is 10.0 Å². The van der Waals surface area contributed by atoms with Crippen molar-refractivity contribution in [1.29, 1.82) is 0 Å². The van der Waals surface area contributed by atoms with Gasteiger partial charge in [-0.05, 0) is 54.4 Å². The molecule has 1 atom stereocenters. The first-order chi connectivity index (χ1) is 14.0. The molecule has 0 aliphatic rings. The lowest BCUT2D eigenvalue weighted by Gasteiger charge is -2.18. The highest BCUT2D eigenvalue weighted by Crippen LogP contribution is 2.25. The number of ether oxygens (including phenoxy) is 2. The highest BCUT2D eigenvalue weighted by molar-refractivity contribution is 9.10. The molecule has 0 bridgehead atoms. The van der Waals surface area contributed by atoms with E-state index in [4.69, 9.17) is 14.0 Å². The van der Waals surface area contributed by atoms with Crippen molar-refractivity contribution in [3.63, 3.8) is 0 Å². The zero-order chi connectivity index (χ0) is 20.8. The van der Waals surface area contributed by atoms with E-state index >= 15 is 0 Å². The minimum atomic E-state index is -0.421. The molecule has 3 rings (SSSR count). The van der Waals surface area contributed by atoms with Gasteiger partial charge in [-0.15, -0.1) is 0 Å². The maximum Gasteiger partial charge on any atom is 0.258 e. The third-order valence-corrected chi connectivity index (χ3v) is 4.75. The molecule has 7 nitrogen and oxygen atoms in total. The van der Waals surface area contributed by atoms with Crippen LogP contribution in [-0.2, 0) is 4.79 Å². The summed E-state index contributed by atoms with van der Waals surface area (Å²) < 4.78 is 17.0. The number of carbonyl (C=O) groups is 1. The largest absolute Gasteiger partial charge is 0.497 e. The van der Waals surface area contributed by atoms with E-state index in [0.717, 1.165) is 15.8 Å². The fraction of sp³-hybridized carbons (Fsp3) is 0.286. The molecule has 0 saturated heterocycles. The Labute approximate surface area is 177 Å². The summed E-state index contributed by atoms with van der Waals surface area (Å²) in [5, 5.41) is 6.95. The molecule has 0 fully saturated rings. The predicted molar refractivity (Wildman–Crippen MR) is 112 cm³/mol. The maximum absolute atomic E-state index is 12.4. The van der Waals surface area contributed by atoms with E-state index in [1.165, 1.54) is 0 Å². The van der Waals surface area contributed by atoms with E-state index in [9.17, 15) is 4.79 Å². The number of hydrogen-bond donors (Lipinski definition) is 1. The monoisotopic (exact) mass is 459 g/mol. The second-order valence-corrected chi connectivity index (χ2v) is 7.63. The first-order valence-corrected chi connectivity index (χ1v) is 9.91. The van der Waals surface area contributed by atoms with Crippen molar-refractivity contribution in [3.05, 3.63) is 58.9 Å². The molecule has 152 valence electrons. The van der Waals surface area contributed by atoms with Crippen LogP contribution in [0, 0.1) is 5.92 Å². The molecule has 1 amide bonds. The number of nitrogens with one attached hydrogen (secondary N) is 1. The minimum absolute atomic E-state index is 0.0517. The molecule has 29 heavy (non-hydrogen) atoms. The Kier molecular flexibility index (Phi) is 6.87. The van der Waals surface area contributed by atoms with Crippen LogP contribution in [0.3, 0.4) is 0 Å². The van der Waals surface area contributed by atoms with E-state index in [1.54, 1.807) is 19.2 Å². The Balaban J connectivity index is 1.65. The van der Waals surface area contributed by atoms with Gasteiger partial charge in [0.25, 0.3) is 5.91 Å². The summed E-state index contributed by atoms with van der Waals surface area (Å²) in [4.78, 5) is 16.8. The number of methoxy groups -OCH3 is 1. The second kappa shape index (κ2) is 9.56. The molecule has 1 unspecified atom stereocenters. The van der Waals surface area contributed by atoms with Crippen LogP contribution in [0.4, 0.5) is 0 Å². The topological polar surface area (TPSA) is 86.5 Å². The normalized spacial score (nSPS) is 11.9. The number of amides is 1. The van der Waals surface area contributed by atoms with Gasteiger partial charge in [-0.25, -0.2) is 0 Å². The van der Waals surface area contributed by atoms with Crippen LogP contribution in [0.2, 0.25) is 0 Å². The molecule has 0 aliphatic carbocycles. The second-order valence-electron chi connectivity index (χ2n) is 6.72. The first kappa shape index (κ1) is 20.9. The van der Waals surface area contributed by atoms with Crippen molar-refractivity contribution in [1.82, 2.24) is 15.5 Å². The average Bonchev–Trinajstić information content (AvgIpc) is 3.21. The summed E-state index contributed by atoms with van der Waals surface area (Å²) in [5.41, 5.74) is 0.799. The lowest BCUT2D eigenvalue weighted by molar-refractivity contribution is -0.124. The van der Waals surface area contributed by atoms with Crippen molar-refractivity contribution in [2.45, 2.75) is 19.9 Å². The number of hydrogen-bond acceptors (Lipinski definition) is 6. The maximum atomic E-state index is 12.4.